The van der Waals surface area contributed by atoms with Crippen LogP contribution in [0.25, 0.3) is 6.08 Å². The van der Waals surface area contributed by atoms with Gasteiger partial charge in [-0.1, -0.05) is 53.5 Å². The summed E-state index contributed by atoms with van der Waals surface area (Å²) in [6.07, 6.45) is 1.29. The summed E-state index contributed by atoms with van der Waals surface area (Å²) in [6, 6.07) is 17.1. The van der Waals surface area contributed by atoms with Gasteiger partial charge in [-0.05, 0) is 55.0 Å². The van der Waals surface area contributed by atoms with E-state index in [1.54, 1.807) is 61.5 Å². The summed E-state index contributed by atoms with van der Waals surface area (Å²) in [7, 11) is 0. The van der Waals surface area contributed by atoms with Crippen LogP contribution in [0.5, 0.6) is 11.5 Å². The van der Waals surface area contributed by atoms with E-state index in [1.807, 2.05) is 0 Å². The van der Waals surface area contributed by atoms with Gasteiger partial charge in [-0.2, -0.15) is 0 Å². The van der Waals surface area contributed by atoms with E-state index in [-0.39, 0.29) is 35.3 Å². The number of hydrogen-bond donors (Lipinski definition) is 2. The number of anilines is 2. The van der Waals surface area contributed by atoms with Gasteiger partial charge in [-0.3, -0.25) is 19.7 Å². The lowest BCUT2D eigenvalue weighted by molar-refractivity contribution is -0.122. The van der Waals surface area contributed by atoms with Gasteiger partial charge in [0.1, 0.15) is 5.57 Å². The largest absolute Gasteiger partial charge is 0.490 e. The minimum Gasteiger partial charge on any atom is -0.490 e. The Morgan fingerprint density at radius 2 is 1.68 bits per heavy atom. The van der Waals surface area contributed by atoms with Gasteiger partial charge in [0.2, 0.25) is 0 Å². The summed E-state index contributed by atoms with van der Waals surface area (Å²) >= 11 is 12.5. The lowest BCUT2D eigenvalue weighted by Crippen LogP contribution is -2.54. The molecule has 1 aliphatic heterocycles. The van der Waals surface area contributed by atoms with Gasteiger partial charge in [0.25, 0.3) is 17.7 Å². The van der Waals surface area contributed by atoms with E-state index in [4.69, 9.17) is 32.7 Å². The smallest absolute Gasteiger partial charge is 0.335 e. The van der Waals surface area contributed by atoms with Crippen molar-refractivity contribution < 1.29 is 28.7 Å². The van der Waals surface area contributed by atoms with Crippen molar-refractivity contribution in [1.82, 2.24) is 5.32 Å². The fraction of sp³-hybridized carbons (Fsp3) is 0.111. The summed E-state index contributed by atoms with van der Waals surface area (Å²) in [5, 5.41) is 5.26. The minimum atomic E-state index is -0.852. The molecule has 194 valence electrons. The van der Waals surface area contributed by atoms with Crippen molar-refractivity contribution in [2.75, 3.05) is 23.4 Å². The molecule has 5 amide bonds. The third-order valence-corrected chi connectivity index (χ3v) is 5.86. The standard InChI is InChI=1S/C27H21Cl2N3O6/c1-2-37-22-14-16(12-18-25(34)31-27(36)32(26(18)35)17-8-4-3-5-9-17)13-20(29)24(22)38-15-23(33)30-21-11-7-6-10-19(21)28/h3-14H,2,15H2,1H3,(H,30,33)(H,31,34,36)/b18-12-. The quantitative estimate of drug-likeness (QED) is 0.297. The number of benzene rings is 3. The number of barbiturate groups is 1. The number of carbonyl (C=O) groups is 4. The van der Waals surface area contributed by atoms with E-state index >= 15 is 0 Å². The number of carbonyl (C=O) groups excluding carboxylic acids is 4. The highest BCUT2D eigenvalue weighted by atomic mass is 35.5. The normalized spacial score (nSPS) is 14.3. The molecule has 1 fully saturated rings. The van der Waals surface area contributed by atoms with Crippen LogP contribution in [0.4, 0.5) is 16.2 Å². The predicted octanol–water partition coefficient (Wildman–Crippen LogP) is 5.08. The number of nitrogens with one attached hydrogen (secondary N) is 2. The fourth-order valence-corrected chi connectivity index (χ4v) is 4.05. The molecule has 11 heteroatoms. The highest BCUT2D eigenvalue weighted by Crippen LogP contribution is 2.37. The third kappa shape index (κ3) is 5.96. The summed E-state index contributed by atoms with van der Waals surface area (Å²) in [6.45, 7) is 1.60. The van der Waals surface area contributed by atoms with Crippen LogP contribution in [0.15, 0.2) is 72.3 Å². The van der Waals surface area contributed by atoms with E-state index in [2.05, 4.69) is 10.6 Å². The molecule has 2 N–H and O–H groups in total. The number of amides is 5. The van der Waals surface area contributed by atoms with Crippen molar-refractivity contribution in [3.63, 3.8) is 0 Å². The van der Waals surface area contributed by atoms with Crippen LogP contribution >= 0.6 is 23.2 Å². The Morgan fingerprint density at radius 1 is 0.974 bits per heavy atom. The molecule has 0 saturated carbocycles. The molecule has 4 rings (SSSR count). The molecule has 9 nitrogen and oxygen atoms in total. The zero-order valence-corrected chi connectivity index (χ0v) is 21.5. The SMILES string of the molecule is CCOc1cc(/C=C2/C(=O)NC(=O)N(c3ccccc3)C2=O)cc(Cl)c1OCC(=O)Nc1ccccc1Cl. The molecule has 0 aromatic heterocycles. The first kappa shape index (κ1) is 26.7. The molecular weight excluding hydrogens is 533 g/mol. The topological polar surface area (TPSA) is 114 Å². The molecule has 0 aliphatic carbocycles. The Hall–Kier alpha value is -4.34. The van der Waals surface area contributed by atoms with E-state index in [9.17, 15) is 19.2 Å². The molecule has 1 aliphatic rings. The molecule has 0 atom stereocenters. The van der Waals surface area contributed by atoms with Crippen LogP contribution in [0.3, 0.4) is 0 Å². The zero-order valence-electron chi connectivity index (χ0n) is 20.0. The van der Waals surface area contributed by atoms with Crippen LogP contribution in [-0.4, -0.2) is 37.0 Å². The minimum absolute atomic E-state index is 0.0769. The molecule has 1 saturated heterocycles. The van der Waals surface area contributed by atoms with E-state index < -0.39 is 23.8 Å². The first-order valence-electron chi connectivity index (χ1n) is 11.4. The third-order valence-electron chi connectivity index (χ3n) is 5.25. The maximum absolute atomic E-state index is 13.1. The summed E-state index contributed by atoms with van der Waals surface area (Å²) in [5.74, 6) is -1.83. The van der Waals surface area contributed by atoms with E-state index in [1.165, 1.54) is 18.2 Å². The Balaban J connectivity index is 1.58. The number of halogens is 2. The maximum atomic E-state index is 13.1. The van der Waals surface area contributed by atoms with Crippen molar-refractivity contribution in [3.05, 3.63) is 87.9 Å². The van der Waals surface area contributed by atoms with Crippen LogP contribution < -0.4 is 25.0 Å². The van der Waals surface area contributed by atoms with Gasteiger partial charge in [0, 0.05) is 0 Å². The van der Waals surface area contributed by atoms with Gasteiger partial charge in [-0.25, -0.2) is 9.69 Å². The average Bonchev–Trinajstić information content (AvgIpc) is 2.88. The molecule has 0 spiro atoms. The summed E-state index contributed by atoms with van der Waals surface area (Å²) < 4.78 is 11.3. The molecule has 0 unspecified atom stereocenters. The van der Waals surface area contributed by atoms with Crippen LogP contribution in [0.2, 0.25) is 10.0 Å². The van der Waals surface area contributed by atoms with Crippen molar-refractivity contribution in [3.8, 4) is 11.5 Å². The average molecular weight is 554 g/mol. The highest BCUT2D eigenvalue weighted by Gasteiger charge is 2.36. The first-order chi connectivity index (χ1) is 18.3. The molecule has 3 aromatic rings. The number of ether oxygens (including phenoxy) is 2. The number of nitrogens with zero attached hydrogens (tertiary/aromatic N) is 1. The van der Waals surface area contributed by atoms with Crippen LogP contribution in [0.1, 0.15) is 12.5 Å². The van der Waals surface area contributed by atoms with Crippen molar-refractivity contribution in [2.24, 2.45) is 0 Å². The molecule has 3 aromatic carbocycles. The van der Waals surface area contributed by atoms with Gasteiger partial charge in [0.15, 0.2) is 18.1 Å². The highest BCUT2D eigenvalue weighted by molar-refractivity contribution is 6.39. The second-order valence-electron chi connectivity index (χ2n) is 7.87. The van der Waals surface area contributed by atoms with Crippen LogP contribution in [-0.2, 0) is 14.4 Å². The predicted molar refractivity (Wildman–Crippen MR) is 144 cm³/mol. The van der Waals surface area contributed by atoms with Crippen molar-refractivity contribution >= 4 is 64.4 Å². The Morgan fingerprint density at radius 3 is 2.39 bits per heavy atom. The fourth-order valence-electron chi connectivity index (χ4n) is 3.60. The second kappa shape index (κ2) is 11.8. The van der Waals surface area contributed by atoms with Crippen molar-refractivity contribution in [1.29, 1.82) is 0 Å². The lowest BCUT2D eigenvalue weighted by Gasteiger charge is -2.26. The Kier molecular flexibility index (Phi) is 8.30. The Bertz CT molecular complexity index is 1440. The lowest BCUT2D eigenvalue weighted by atomic mass is 10.1. The summed E-state index contributed by atoms with van der Waals surface area (Å²) in [5.41, 5.74) is 0.798. The molecular formula is C27H21Cl2N3O6. The van der Waals surface area contributed by atoms with Gasteiger partial charge in [-0.15, -0.1) is 0 Å². The zero-order chi connectivity index (χ0) is 27.2. The van der Waals surface area contributed by atoms with Gasteiger partial charge in [0.05, 0.1) is 28.0 Å². The number of imide groups is 2. The molecule has 0 radical (unpaired) electrons. The maximum Gasteiger partial charge on any atom is 0.335 e. The molecule has 0 bridgehead atoms. The first-order valence-corrected chi connectivity index (χ1v) is 12.1. The molecule has 38 heavy (non-hydrogen) atoms. The van der Waals surface area contributed by atoms with Gasteiger partial charge >= 0.3 is 6.03 Å². The van der Waals surface area contributed by atoms with E-state index in [0.29, 0.717) is 22.0 Å². The molecule has 1 heterocycles. The second-order valence-corrected chi connectivity index (χ2v) is 8.69. The number of hydrogen-bond acceptors (Lipinski definition) is 6. The summed E-state index contributed by atoms with van der Waals surface area (Å²) in [4.78, 5) is 51.2. The Labute approximate surface area is 227 Å². The van der Waals surface area contributed by atoms with E-state index in [0.717, 1.165) is 4.90 Å². The number of rotatable bonds is 8. The van der Waals surface area contributed by atoms with Crippen LogP contribution in [0, 0.1) is 0 Å². The van der Waals surface area contributed by atoms with Gasteiger partial charge < -0.3 is 14.8 Å². The van der Waals surface area contributed by atoms with Crippen molar-refractivity contribution in [2.45, 2.75) is 6.92 Å². The monoisotopic (exact) mass is 553 g/mol. The number of urea groups is 1. The number of para-hydroxylation sites is 2.